The molecule has 1 saturated heterocycles. The van der Waals surface area contributed by atoms with E-state index in [2.05, 4.69) is 25.5 Å². The fourth-order valence-corrected chi connectivity index (χ4v) is 2.30. The average molecular weight is 263 g/mol. The predicted molar refractivity (Wildman–Crippen MR) is 75.2 cm³/mol. The Labute approximate surface area is 113 Å². The smallest absolute Gasteiger partial charge is 0.224 e. The normalized spacial score (nSPS) is 16.2. The minimum absolute atomic E-state index is 0.0527. The number of amides is 1. The van der Waals surface area contributed by atoms with E-state index in [0.29, 0.717) is 11.9 Å². The number of carbonyl (C=O) groups is 1. The number of aromatic nitrogens is 2. The van der Waals surface area contributed by atoms with Crippen molar-refractivity contribution in [3.63, 3.8) is 0 Å². The van der Waals surface area contributed by atoms with Crippen LogP contribution in [0.2, 0.25) is 0 Å². The zero-order valence-electron chi connectivity index (χ0n) is 11.5. The van der Waals surface area contributed by atoms with Gasteiger partial charge >= 0.3 is 0 Å². The van der Waals surface area contributed by atoms with E-state index < -0.39 is 0 Å². The Hall–Kier alpha value is -1.85. The maximum atomic E-state index is 10.9. The Balaban J connectivity index is 1.87. The van der Waals surface area contributed by atoms with Crippen molar-refractivity contribution in [3.8, 4) is 0 Å². The summed E-state index contributed by atoms with van der Waals surface area (Å²) in [7, 11) is 1.82. The summed E-state index contributed by atoms with van der Waals surface area (Å²) in [4.78, 5) is 21.7. The monoisotopic (exact) mass is 263 g/mol. The van der Waals surface area contributed by atoms with Crippen LogP contribution in [0.25, 0.3) is 0 Å². The molecule has 0 aliphatic carbocycles. The lowest BCUT2D eigenvalue weighted by atomic mass is 9.97. The molecule has 1 aromatic heterocycles. The highest BCUT2D eigenvalue weighted by Gasteiger charge is 2.20. The van der Waals surface area contributed by atoms with Gasteiger partial charge in [-0.15, -0.1) is 0 Å². The molecule has 0 unspecified atom stereocenters. The first-order valence-corrected chi connectivity index (χ1v) is 6.69. The fourth-order valence-electron chi connectivity index (χ4n) is 2.30. The van der Waals surface area contributed by atoms with E-state index in [1.54, 1.807) is 13.1 Å². The van der Waals surface area contributed by atoms with Crippen LogP contribution in [-0.4, -0.2) is 42.6 Å². The Morgan fingerprint density at radius 3 is 2.84 bits per heavy atom. The van der Waals surface area contributed by atoms with Gasteiger partial charge in [-0.1, -0.05) is 0 Å². The Morgan fingerprint density at radius 2 is 2.21 bits per heavy atom. The molecule has 1 aliphatic heterocycles. The summed E-state index contributed by atoms with van der Waals surface area (Å²) < 4.78 is 0. The van der Waals surface area contributed by atoms with E-state index in [4.69, 9.17) is 0 Å². The number of hydrogen-bond acceptors (Lipinski definition) is 5. The lowest BCUT2D eigenvalue weighted by molar-refractivity contribution is -0.119. The molecule has 0 atom stereocenters. The molecule has 0 aromatic carbocycles. The van der Waals surface area contributed by atoms with Gasteiger partial charge in [0.15, 0.2) is 0 Å². The van der Waals surface area contributed by atoms with Crippen molar-refractivity contribution in [2.45, 2.75) is 19.8 Å². The number of piperidine rings is 1. The molecule has 6 heteroatoms. The number of nitrogens with one attached hydrogen (secondary N) is 2. The summed E-state index contributed by atoms with van der Waals surface area (Å²) >= 11 is 0. The number of nitrogens with zero attached hydrogens (tertiary/aromatic N) is 3. The minimum atomic E-state index is 0.0527. The van der Waals surface area contributed by atoms with Gasteiger partial charge in [0.05, 0.1) is 0 Å². The molecule has 0 saturated carbocycles. The summed E-state index contributed by atoms with van der Waals surface area (Å²) in [5.41, 5.74) is 0. The van der Waals surface area contributed by atoms with Crippen molar-refractivity contribution >= 4 is 17.7 Å². The lowest BCUT2D eigenvalue weighted by Crippen LogP contribution is -2.38. The minimum Gasteiger partial charge on any atom is -0.357 e. The van der Waals surface area contributed by atoms with Crippen LogP contribution < -0.4 is 15.5 Å². The van der Waals surface area contributed by atoms with Gasteiger partial charge in [0, 0.05) is 39.8 Å². The third-order valence-corrected chi connectivity index (χ3v) is 3.44. The van der Waals surface area contributed by atoms with Crippen molar-refractivity contribution in [1.82, 2.24) is 15.3 Å². The van der Waals surface area contributed by atoms with Crippen molar-refractivity contribution in [2.75, 3.05) is 36.9 Å². The van der Waals surface area contributed by atoms with Crippen LogP contribution in [0.3, 0.4) is 0 Å². The van der Waals surface area contributed by atoms with Gasteiger partial charge in [0.1, 0.15) is 5.82 Å². The summed E-state index contributed by atoms with van der Waals surface area (Å²) in [6.45, 7) is 4.30. The average Bonchev–Trinajstić information content (AvgIpc) is 2.45. The lowest BCUT2D eigenvalue weighted by Gasteiger charge is -2.32. The zero-order chi connectivity index (χ0) is 13.7. The number of anilines is 2. The summed E-state index contributed by atoms with van der Waals surface area (Å²) in [6, 6.07) is 1.94. The second-order valence-electron chi connectivity index (χ2n) is 4.86. The molecule has 2 N–H and O–H groups in total. The maximum Gasteiger partial charge on any atom is 0.224 e. The molecular formula is C13H21N5O. The standard InChI is InChI=1S/C13H21N5O/c1-10(19)16-9-11-4-7-18(8-5-11)12-3-6-15-13(14-2)17-12/h3,6,11H,4-5,7-9H2,1-2H3,(H,16,19)(H,14,15,17). The molecule has 1 aliphatic rings. The van der Waals surface area contributed by atoms with Crippen LogP contribution >= 0.6 is 0 Å². The number of rotatable bonds is 4. The molecule has 0 spiro atoms. The first-order valence-electron chi connectivity index (χ1n) is 6.69. The molecule has 1 fully saturated rings. The van der Waals surface area contributed by atoms with Gasteiger partial charge in [-0.25, -0.2) is 4.98 Å². The van der Waals surface area contributed by atoms with Gasteiger partial charge in [0.25, 0.3) is 0 Å². The van der Waals surface area contributed by atoms with Crippen molar-refractivity contribution < 1.29 is 4.79 Å². The molecule has 6 nitrogen and oxygen atoms in total. The van der Waals surface area contributed by atoms with Crippen LogP contribution in [0, 0.1) is 5.92 Å². The van der Waals surface area contributed by atoms with Crippen molar-refractivity contribution in [3.05, 3.63) is 12.3 Å². The molecule has 1 aromatic rings. The zero-order valence-corrected chi connectivity index (χ0v) is 11.5. The van der Waals surface area contributed by atoms with Crippen LogP contribution in [0.5, 0.6) is 0 Å². The second kappa shape index (κ2) is 6.36. The molecule has 2 heterocycles. The van der Waals surface area contributed by atoms with Crippen LogP contribution in [0.15, 0.2) is 12.3 Å². The van der Waals surface area contributed by atoms with Gasteiger partial charge in [-0.3, -0.25) is 4.79 Å². The SMILES string of the molecule is CNc1nccc(N2CCC(CNC(C)=O)CC2)n1. The molecular weight excluding hydrogens is 242 g/mol. The highest BCUT2D eigenvalue weighted by atomic mass is 16.1. The molecule has 0 radical (unpaired) electrons. The van der Waals surface area contributed by atoms with E-state index in [9.17, 15) is 4.79 Å². The summed E-state index contributed by atoms with van der Waals surface area (Å²) in [5.74, 6) is 2.25. The Kier molecular flexibility index (Phi) is 4.54. The molecule has 2 rings (SSSR count). The summed E-state index contributed by atoms with van der Waals surface area (Å²) in [6.07, 6.45) is 3.94. The maximum absolute atomic E-state index is 10.9. The largest absolute Gasteiger partial charge is 0.357 e. The van der Waals surface area contributed by atoms with Gasteiger partial charge < -0.3 is 15.5 Å². The molecule has 19 heavy (non-hydrogen) atoms. The van der Waals surface area contributed by atoms with Crippen LogP contribution in [-0.2, 0) is 4.79 Å². The molecule has 1 amide bonds. The highest BCUT2D eigenvalue weighted by molar-refractivity contribution is 5.72. The first kappa shape index (κ1) is 13.6. The van der Waals surface area contributed by atoms with E-state index in [1.165, 1.54) is 0 Å². The number of carbonyl (C=O) groups excluding carboxylic acids is 1. The second-order valence-corrected chi connectivity index (χ2v) is 4.86. The first-order chi connectivity index (χ1) is 9.19. The van der Waals surface area contributed by atoms with Crippen molar-refractivity contribution in [1.29, 1.82) is 0 Å². The van der Waals surface area contributed by atoms with Crippen LogP contribution in [0.1, 0.15) is 19.8 Å². The van der Waals surface area contributed by atoms with Crippen LogP contribution in [0.4, 0.5) is 11.8 Å². The quantitative estimate of drug-likeness (QED) is 0.843. The Bertz CT molecular complexity index is 429. The van der Waals surface area contributed by atoms with Crippen molar-refractivity contribution in [2.24, 2.45) is 5.92 Å². The van der Waals surface area contributed by atoms with Gasteiger partial charge in [-0.2, -0.15) is 4.98 Å². The highest BCUT2D eigenvalue weighted by Crippen LogP contribution is 2.21. The fraction of sp³-hybridized carbons (Fsp3) is 0.615. The Morgan fingerprint density at radius 1 is 1.47 bits per heavy atom. The van der Waals surface area contributed by atoms with E-state index >= 15 is 0 Å². The van der Waals surface area contributed by atoms with Gasteiger partial charge in [-0.05, 0) is 24.8 Å². The molecule has 0 bridgehead atoms. The van der Waals surface area contributed by atoms with E-state index in [-0.39, 0.29) is 5.91 Å². The molecule has 104 valence electrons. The predicted octanol–water partition coefficient (Wildman–Crippen LogP) is 0.871. The van der Waals surface area contributed by atoms with E-state index in [0.717, 1.165) is 38.3 Å². The number of hydrogen-bond donors (Lipinski definition) is 2. The third-order valence-electron chi connectivity index (χ3n) is 3.44. The third kappa shape index (κ3) is 3.81. The summed E-state index contributed by atoms with van der Waals surface area (Å²) in [5, 5.41) is 5.85. The van der Waals surface area contributed by atoms with E-state index in [1.807, 2.05) is 13.1 Å². The topological polar surface area (TPSA) is 70.2 Å². The van der Waals surface area contributed by atoms with Gasteiger partial charge in [0.2, 0.25) is 11.9 Å².